The van der Waals surface area contributed by atoms with Crippen molar-refractivity contribution in [3.05, 3.63) is 71.8 Å². The van der Waals surface area contributed by atoms with E-state index in [0.717, 1.165) is 30.4 Å². The molecule has 2 unspecified atom stereocenters. The lowest BCUT2D eigenvalue weighted by molar-refractivity contribution is -0.119. The van der Waals surface area contributed by atoms with Crippen LogP contribution in [0, 0.1) is 17.8 Å². The lowest BCUT2D eigenvalue weighted by atomic mass is 9.91. The quantitative estimate of drug-likeness (QED) is 0.413. The number of nitrogens with one attached hydrogen (secondary N) is 1. The van der Waals surface area contributed by atoms with Crippen LogP contribution < -0.4 is 5.32 Å². The topological polar surface area (TPSA) is 49.3 Å². The zero-order valence-electron chi connectivity index (χ0n) is 17.2. The summed E-state index contributed by atoms with van der Waals surface area (Å²) in [7, 11) is 0. The van der Waals surface area contributed by atoms with Gasteiger partial charge in [-0.25, -0.2) is 0 Å². The minimum Gasteiger partial charge on any atom is -0.374 e. The number of benzene rings is 1. The maximum absolute atomic E-state index is 12.6. The van der Waals surface area contributed by atoms with Crippen LogP contribution in [-0.2, 0) is 10.4 Å². The summed E-state index contributed by atoms with van der Waals surface area (Å²) in [5.41, 5.74) is 0.897. The van der Waals surface area contributed by atoms with E-state index in [1.165, 1.54) is 6.42 Å². The van der Waals surface area contributed by atoms with E-state index in [2.05, 4.69) is 37.6 Å². The van der Waals surface area contributed by atoms with Crippen LogP contribution in [0.3, 0.4) is 0 Å². The lowest BCUT2D eigenvalue weighted by Gasteiger charge is -2.27. The fourth-order valence-electron chi connectivity index (χ4n) is 2.87. The molecule has 2 rings (SSSR count). The molecule has 1 saturated carbocycles. The summed E-state index contributed by atoms with van der Waals surface area (Å²) in [4.78, 5) is 12.6. The van der Waals surface area contributed by atoms with E-state index in [-0.39, 0.29) is 11.8 Å². The zero-order chi connectivity index (χ0) is 20.6. The molecular weight excluding hydrogens is 346 g/mol. The summed E-state index contributed by atoms with van der Waals surface area (Å²) in [6.07, 6.45) is 9.48. The maximum Gasteiger partial charge on any atom is 0.247 e. The number of aliphatic hydroxyl groups is 1. The van der Waals surface area contributed by atoms with Gasteiger partial charge in [-0.15, -0.1) is 0 Å². The van der Waals surface area contributed by atoms with Crippen LogP contribution in [0.15, 0.2) is 66.3 Å². The summed E-state index contributed by atoms with van der Waals surface area (Å²) in [6.45, 7) is 9.61. The van der Waals surface area contributed by atoms with E-state index in [1.54, 1.807) is 13.0 Å². The van der Waals surface area contributed by atoms with Crippen LogP contribution in [0.5, 0.6) is 0 Å². The van der Waals surface area contributed by atoms with E-state index in [4.69, 9.17) is 0 Å². The van der Waals surface area contributed by atoms with Gasteiger partial charge in [-0.3, -0.25) is 4.79 Å². The molecule has 0 aromatic heterocycles. The molecule has 0 saturated heterocycles. The summed E-state index contributed by atoms with van der Waals surface area (Å²) >= 11 is 0. The summed E-state index contributed by atoms with van der Waals surface area (Å²) in [6, 6.07) is 9.64. The Hall–Kier alpha value is -2.57. The number of carbonyl (C=O) groups excluding carboxylic acids is 1. The van der Waals surface area contributed by atoms with E-state index >= 15 is 0 Å². The third-order valence-corrected chi connectivity index (χ3v) is 5.29. The van der Waals surface area contributed by atoms with Gasteiger partial charge in [0.05, 0.1) is 0 Å². The minimum absolute atomic E-state index is 0.00273. The van der Waals surface area contributed by atoms with Crippen molar-refractivity contribution in [2.45, 2.75) is 58.1 Å². The Kier molecular flexibility index (Phi) is 7.84. The Labute approximate surface area is 169 Å². The highest BCUT2D eigenvalue weighted by Gasteiger charge is 2.23. The van der Waals surface area contributed by atoms with E-state index in [1.807, 2.05) is 42.5 Å². The molecule has 1 aliphatic carbocycles. The predicted octanol–water partition coefficient (Wildman–Crippen LogP) is 4.65. The van der Waals surface area contributed by atoms with Crippen molar-refractivity contribution < 1.29 is 9.90 Å². The molecule has 1 aliphatic rings. The summed E-state index contributed by atoms with van der Waals surface area (Å²) < 4.78 is 0. The molecule has 0 aliphatic heterocycles. The van der Waals surface area contributed by atoms with Crippen LogP contribution in [0.4, 0.5) is 0 Å². The molecule has 1 aromatic rings. The number of hydrogen-bond acceptors (Lipinski definition) is 2. The molecule has 2 N–H and O–H groups in total. The Morgan fingerprint density at radius 1 is 1.36 bits per heavy atom. The zero-order valence-corrected chi connectivity index (χ0v) is 17.2. The standard InChI is InChI=1S/C25H31NO2/c1-5-19(3)23(24(27)26-22-13-10-14-22)16-15-20(6-2)17-18-25(4,28)21-11-8-7-9-12-21/h6-9,11-12,15-16,19,22,28H,2,5,10,13-14H2,1,3-4H3,(H,26,27). The first-order chi connectivity index (χ1) is 13.4. The molecule has 2 atom stereocenters. The monoisotopic (exact) mass is 377 g/mol. The second-order valence-corrected chi connectivity index (χ2v) is 7.55. The van der Waals surface area contributed by atoms with Gasteiger partial charge in [0.2, 0.25) is 5.91 Å². The van der Waals surface area contributed by atoms with Crippen molar-refractivity contribution in [3.63, 3.8) is 0 Å². The Morgan fingerprint density at radius 3 is 2.57 bits per heavy atom. The van der Waals surface area contributed by atoms with Gasteiger partial charge in [-0.2, -0.15) is 0 Å². The first-order valence-corrected chi connectivity index (χ1v) is 10.0. The Balaban J connectivity index is 2.22. The fraction of sp³-hybridized carbons (Fsp3) is 0.400. The number of carbonyl (C=O) groups is 1. The van der Waals surface area contributed by atoms with Crippen molar-refractivity contribution in [2.24, 2.45) is 5.92 Å². The van der Waals surface area contributed by atoms with Crippen molar-refractivity contribution in [1.29, 1.82) is 0 Å². The van der Waals surface area contributed by atoms with Crippen molar-refractivity contribution in [1.82, 2.24) is 5.32 Å². The molecule has 28 heavy (non-hydrogen) atoms. The average Bonchev–Trinajstić information content (AvgIpc) is 2.67. The van der Waals surface area contributed by atoms with Crippen LogP contribution >= 0.6 is 0 Å². The van der Waals surface area contributed by atoms with E-state index < -0.39 is 5.60 Å². The van der Waals surface area contributed by atoms with E-state index in [9.17, 15) is 9.90 Å². The van der Waals surface area contributed by atoms with Crippen LogP contribution in [0.1, 0.15) is 52.0 Å². The second kappa shape index (κ2) is 10.1. The molecule has 0 bridgehead atoms. The van der Waals surface area contributed by atoms with Crippen molar-refractivity contribution in [3.8, 4) is 11.8 Å². The first kappa shape index (κ1) is 21.7. The first-order valence-electron chi connectivity index (χ1n) is 10.0. The van der Waals surface area contributed by atoms with E-state index in [0.29, 0.717) is 11.6 Å². The largest absolute Gasteiger partial charge is 0.374 e. The van der Waals surface area contributed by atoms with Crippen LogP contribution in [0.25, 0.3) is 0 Å². The minimum atomic E-state index is -1.26. The molecule has 0 spiro atoms. The number of rotatable bonds is 7. The van der Waals surface area contributed by atoms with Gasteiger partial charge in [0, 0.05) is 17.2 Å². The molecule has 148 valence electrons. The highest BCUT2D eigenvalue weighted by molar-refractivity contribution is 5.94. The van der Waals surface area contributed by atoms with Gasteiger partial charge in [-0.05, 0) is 50.2 Å². The third kappa shape index (κ3) is 5.97. The molecule has 3 nitrogen and oxygen atoms in total. The Morgan fingerprint density at radius 2 is 2.04 bits per heavy atom. The fourth-order valence-corrected chi connectivity index (χ4v) is 2.87. The summed E-state index contributed by atoms with van der Waals surface area (Å²) in [5, 5.41) is 13.8. The Bertz CT molecular complexity index is 802. The highest BCUT2D eigenvalue weighted by atomic mass is 16.3. The molecule has 1 aromatic carbocycles. The maximum atomic E-state index is 12.6. The molecule has 1 fully saturated rings. The van der Waals surface area contributed by atoms with Gasteiger partial charge in [0.15, 0.2) is 0 Å². The van der Waals surface area contributed by atoms with Gasteiger partial charge in [0.1, 0.15) is 5.60 Å². The van der Waals surface area contributed by atoms with Crippen LogP contribution in [-0.4, -0.2) is 17.1 Å². The normalized spacial score (nSPS) is 18.1. The van der Waals surface area contributed by atoms with Gasteiger partial charge in [-0.1, -0.05) is 74.8 Å². The highest BCUT2D eigenvalue weighted by Crippen LogP contribution is 2.22. The van der Waals surface area contributed by atoms with Crippen LogP contribution in [0.2, 0.25) is 0 Å². The molecule has 0 radical (unpaired) electrons. The molecular formula is C25H31NO2. The SMILES string of the molecule is C=CC(C#CC(C)(O)c1ccccc1)=CC=C(C(=O)NC1CCC1)C(C)CC. The van der Waals surface area contributed by atoms with Gasteiger partial charge in [0.25, 0.3) is 0 Å². The number of allylic oxidation sites excluding steroid dienone is 4. The third-order valence-electron chi connectivity index (χ3n) is 5.29. The van der Waals surface area contributed by atoms with Gasteiger partial charge >= 0.3 is 0 Å². The van der Waals surface area contributed by atoms with Gasteiger partial charge < -0.3 is 10.4 Å². The second-order valence-electron chi connectivity index (χ2n) is 7.55. The average molecular weight is 378 g/mol. The molecule has 1 amide bonds. The number of hydrogen-bond donors (Lipinski definition) is 2. The molecule has 0 heterocycles. The predicted molar refractivity (Wildman–Crippen MR) is 115 cm³/mol. The van der Waals surface area contributed by atoms with Crippen molar-refractivity contribution >= 4 is 5.91 Å². The molecule has 3 heteroatoms. The number of amides is 1. The van der Waals surface area contributed by atoms with Crippen molar-refractivity contribution in [2.75, 3.05) is 0 Å². The lowest BCUT2D eigenvalue weighted by Crippen LogP contribution is -2.41. The summed E-state index contributed by atoms with van der Waals surface area (Å²) in [5.74, 6) is 6.06. The smallest absolute Gasteiger partial charge is 0.247 e.